The zero-order valence-corrected chi connectivity index (χ0v) is 22.2. The number of morpholine rings is 1. The number of thioether (sulfide) groups is 1. The molecule has 1 aromatic carbocycles. The Morgan fingerprint density at radius 1 is 1.18 bits per heavy atom. The number of benzene rings is 1. The number of ether oxygens (including phenoxy) is 3. The predicted molar refractivity (Wildman–Crippen MR) is 135 cm³/mol. The Balaban J connectivity index is 1.47. The molecule has 39 heavy (non-hydrogen) atoms. The van der Waals surface area contributed by atoms with E-state index in [9.17, 15) is 23.4 Å². The third-order valence-electron chi connectivity index (χ3n) is 6.55. The Kier molecular flexibility index (Phi) is 8.61. The van der Waals surface area contributed by atoms with E-state index >= 15 is 0 Å². The topological polar surface area (TPSA) is 115 Å². The second kappa shape index (κ2) is 12.0. The fourth-order valence-corrected chi connectivity index (χ4v) is 6.16. The van der Waals surface area contributed by atoms with Gasteiger partial charge in [0.05, 0.1) is 35.9 Å². The van der Waals surface area contributed by atoms with Gasteiger partial charge in [0.25, 0.3) is 0 Å². The van der Waals surface area contributed by atoms with Crippen molar-refractivity contribution in [3.63, 3.8) is 0 Å². The molecule has 10 nitrogen and oxygen atoms in total. The van der Waals surface area contributed by atoms with Gasteiger partial charge in [-0.15, -0.1) is 5.10 Å². The summed E-state index contributed by atoms with van der Waals surface area (Å²) in [5.41, 5.74) is -0.772. The number of aliphatic hydroxyl groups excluding tert-OH is 2. The monoisotopic (exact) mass is 587 g/mol. The van der Waals surface area contributed by atoms with Crippen LogP contribution in [0, 0.1) is 17.5 Å². The molecule has 3 unspecified atom stereocenters. The summed E-state index contributed by atoms with van der Waals surface area (Å²) in [7, 11) is 1.43. The number of aliphatic hydroxyl groups is 2. The minimum absolute atomic E-state index is 0.0414. The van der Waals surface area contributed by atoms with Gasteiger partial charge in [0, 0.05) is 32.0 Å². The van der Waals surface area contributed by atoms with Crippen LogP contribution in [0.15, 0.2) is 35.5 Å². The van der Waals surface area contributed by atoms with Gasteiger partial charge >= 0.3 is 0 Å². The molecule has 2 aliphatic rings. The van der Waals surface area contributed by atoms with Gasteiger partial charge in [-0.2, -0.15) is 0 Å². The molecule has 0 radical (unpaired) electrons. The molecule has 2 N–H and O–H groups in total. The summed E-state index contributed by atoms with van der Waals surface area (Å²) in [6, 6.07) is 2.43. The number of nitrogens with zero attached hydrogens (tertiary/aromatic N) is 5. The van der Waals surface area contributed by atoms with Crippen LogP contribution in [0.25, 0.3) is 11.3 Å². The maximum Gasteiger partial charge on any atom is 0.194 e. The number of rotatable bonds is 7. The van der Waals surface area contributed by atoms with Gasteiger partial charge in [0.1, 0.15) is 41.3 Å². The second-order valence-corrected chi connectivity index (χ2v) is 10.5. The second-order valence-electron chi connectivity index (χ2n) is 8.94. The molecule has 5 rings (SSSR count). The van der Waals surface area contributed by atoms with Crippen molar-refractivity contribution in [1.82, 2.24) is 20.0 Å². The number of hydrogen-bond donors (Lipinski definition) is 2. The number of pyridine rings is 1. The molecule has 0 bridgehead atoms. The summed E-state index contributed by atoms with van der Waals surface area (Å²) in [6.45, 7) is 1.85. The average Bonchev–Trinajstić information content (AvgIpc) is 3.42. The van der Waals surface area contributed by atoms with Crippen LogP contribution in [0.4, 0.5) is 19.0 Å². The van der Waals surface area contributed by atoms with Crippen LogP contribution in [0.2, 0.25) is 5.02 Å². The largest absolute Gasteiger partial charge is 0.394 e. The maximum atomic E-state index is 13.8. The lowest BCUT2D eigenvalue weighted by atomic mass is 9.97. The van der Waals surface area contributed by atoms with E-state index < -0.39 is 53.8 Å². The Morgan fingerprint density at radius 3 is 2.56 bits per heavy atom. The SMILES string of the molecule is COC1C(n2cc(-c3cc(F)c(F)c(F)c3)nn2)[C@@H](O)C(CO)O[C@@H]1Sc1cc(Cl)cnc1N1CCOCC1. The van der Waals surface area contributed by atoms with Gasteiger partial charge in [-0.25, -0.2) is 22.8 Å². The van der Waals surface area contributed by atoms with E-state index in [1.165, 1.54) is 29.8 Å². The van der Waals surface area contributed by atoms with Gasteiger partial charge in [0.2, 0.25) is 0 Å². The molecule has 0 saturated carbocycles. The van der Waals surface area contributed by atoms with Gasteiger partial charge < -0.3 is 29.3 Å². The van der Waals surface area contributed by atoms with E-state index in [-0.39, 0.29) is 11.3 Å². The third kappa shape index (κ3) is 5.73. The standard InChI is InChI=1S/C24H25ClF3N5O5S/c1-36-22-20(33-10-16(30-31-33)12-6-14(26)19(28)15(27)7-12)21(35)17(11-34)38-24(22)39-18-8-13(25)9-29-23(18)32-2-4-37-5-3-32/h6-10,17,20-22,24,34-35H,2-5,11H2,1H3/t17?,20?,21-,22?,24+/m0/s1. The van der Waals surface area contributed by atoms with Gasteiger partial charge in [-0.3, -0.25) is 0 Å². The van der Waals surface area contributed by atoms with Crippen LogP contribution in [0.1, 0.15) is 6.04 Å². The lowest BCUT2D eigenvalue weighted by Gasteiger charge is -2.43. The van der Waals surface area contributed by atoms with Crippen molar-refractivity contribution in [2.24, 2.45) is 0 Å². The summed E-state index contributed by atoms with van der Waals surface area (Å²) >= 11 is 7.53. The molecule has 2 aliphatic heterocycles. The fraction of sp³-hybridized carbons (Fsp3) is 0.458. The first kappa shape index (κ1) is 28.1. The minimum Gasteiger partial charge on any atom is -0.394 e. The van der Waals surface area contributed by atoms with E-state index in [4.69, 9.17) is 25.8 Å². The molecule has 210 valence electrons. The lowest BCUT2D eigenvalue weighted by molar-refractivity contribution is -0.186. The zero-order valence-electron chi connectivity index (χ0n) is 20.6. The highest BCUT2D eigenvalue weighted by Crippen LogP contribution is 2.42. The van der Waals surface area contributed by atoms with E-state index in [1.54, 1.807) is 12.3 Å². The number of methoxy groups -OCH3 is 1. The van der Waals surface area contributed by atoms with Crippen LogP contribution in [0.3, 0.4) is 0 Å². The summed E-state index contributed by atoms with van der Waals surface area (Å²) in [6.07, 6.45) is -0.239. The molecule has 0 spiro atoms. The van der Waals surface area contributed by atoms with E-state index in [1.807, 2.05) is 0 Å². The molecule has 0 aliphatic carbocycles. The molecule has 2 fully saturated rings. The van der Waals surface area contributed by atoms with Crippen LogP contribution in [-0.4, -0.2) is 94.0 Å². The fourth-order valence-electron chi connectivity index (χ4n) is 4.60. The van der Waals surface area contributed by atoms with Crippen molar-refractivity contribution in [2.45, 2.75) is 34.7 Å². The van der Waals surface area contributed by atoms with Crippen LogP contribution < -0.4 is 4.90 Å². The highest BCUT2D eigenvalue weighted by Gasteiger charge is 2.48. The van der Waals surface area contributed by atoms with Crippen molar-refractivity contribution in [1.29, 1.82) is 0 Å². The summed E-state index contributed by atoms with van der Waals surface area (Å²) in [5, 5.41) is 29.5. The quantitative estimate of drug-likeness (QED) is 0.400. The van der Waals surface area contributed by atoms with E-state index in [0.29, 0.717) is 42.0 Å². The van der Waals surface area contributed by atoms with Gasteiger partial charge in [-0.1, -0.05) is 28.6 Å². The number of hydrogen-bond acceptors (Lipinski definition) is 10. The average molecular weight is 588 g/mol. The Labute approximate surface area is 230 Å². The molecular formula is C24H25ClF3N5O5S. The van der Waals surface area contributed by atoms with Crippen molar-refractivity contribution in [3.8, 4) is 11.3 Å². The minimum atomic E-state index is -1.59. The summed E-state index contributed by atoms with van der Waals surface area (Å²) in [4.78, 5) is 7.27. The molecule has 2 aromatic heterocycles. The first-order valence-electron chi connectivity index (χ1n) is 12.0. The molecule has 0 amide bonds. The number of aromatic nitrogens is 4. The molecular weight excluding hydrogens is 563 g/mol. The van der Waals surface area contributed by atoms with Crippen molar-refractivity contribution in [3.05, 3.63) is 53.1 Å². The van der Waals surface area contributed by atoms with Crippen molar-refractivity contribution >= 4 is 29.2 Å². The first-order chi connectivity index (χ1) is 18.8. The molecule has 15 heteroatoms. The number of halogens is 4. The van der Waals surface area contributed by atoms with Crippen molar-refractivity contribution < 1.29 is 37.6 Å². The van der Waals surface area contributed by atoms with Crippen LogP contribution in [-0.2, 0) is 14.2 Å². The lowest BCUT2D eigenvalue weighted by Crippen LogP contribution is -2.55. The smallest absolute Gasteiger partial charge is 0.194 e. The zero-order chi connectivity index (χ0) is 27.7. The highest BCUT2D eigenvalue weighted by atomic mass is 35.5. The predicted octanol–water partition coefficient (Wildman–Crippen LogP) is 2.67. The Hall–Kier alpha value is -2.46. The van der Waals surface area contributed by atoms with E-state index in [0.717, 1.165) is 12.1 Å². The van der Waals surface area contributed by atoms with Crippen LogP contribution in [0.5, 0.6) is 0 Å². The molecule has 3 aromatic rings. The normalized spacial score (nSPS) is 25.7. The number of anilines is 1. The van der Waals surface area contributed by atoms with Gasteiger partial charge in [0.15, 0.2) is 17.5 Å². The Morgan fingerprint density at radius 2 is 1.90 bits per heavy atom. The highest BCUT2D eigenvalue weighted by molar-refractivity contribution is 8.00. The van der Waals surface area contributed by atoms with Gasteiger partial charge in [-0.05, 0) is 18.2 Å². The first-order valence-corrected chi connectivity index (χ1v) is 13.2. The molecule has 5 atom stereocenters. The summed E-state index contributed by atoms with van der Waals surface area (Å²) < 4.78 is 59.6. The van der Waals surface area contributed by atoms with Crippen molar-refractivity contribution in [2.75, 3.05) is 44.9 Å². The Bertz CT molecular complexity index is 1290. The maximum absolute atomic E-state index is 13.8. The van der Waals surface area contributed by atoms with Crippen LogP contribution >= 0.6 is 23.4 Å². The van der Waals surface area contributed by atoms with E-state index in [2.05, 4.69) is 20.2 Å². The molecule has 2 saturated heterocycles. The summed E-state index contributed by atoms with van der Waals surface area (Å²) in [5.74, 6) is -3.66. The third-order valence-corrected chi connectivity index (χ3v) is 7.92. The molecule has 4 heterocycles.